The quantitative estimate of drug-likeness (QED) is 0.175. The zero-order chi connectivity index (χ0) is 22.2. The van der Waals surface area contributed by atoms with Crippen molar-refractivity contribution in [1.82, 2.24) is 0 Å². The van der Waals surface area contributed by atoms with E-state index in [0.717, 1.165) is 11.2 Å². The highest BCUT2D eigenvalue weighted by Crippen LogP contribution is 2.41. The van der Waals surface area contributed by atoms with Crippen molar-refractivity contribution in [2.45, 2.75) is 104 Å². The van der Waals surface area contributed by atoms with Gasteiger partial charge in [0.05, 0.1) is 4.70 Å². The molecule has 0 bridgehead atoms. The van der Waals surface area contributed by atoms with Crippen molar-refractivity contribution in [2.24, 2.45) is 0 Å². The fraction of sp³-hybridized carbons (Fsp3) is 0.533. The molecule has 2 aromatic heterocycles. The van der Waals surface area contributed by atoms with E-state index in [1.807, 2.05) is 11.3 Å². The number of hydrogen-bond donors (Lipinski definition) is 0. The van der Waals surface area contributed by atoms with Crippen LogP contribution < -0.4 is 0 Å². The van der Waals surface area contributed by atoms with Crippen LogP contribution >= 0.6 is 11.3 Å². The molecule has 0 atom stereocenters. The lowest BCUT2D eigenvalue weighted by Crippen LogP contribution is -1.86. The van der Waals surface area contributed by atoms with Gasteiger partial charge in [-0.2, -0.15) is 0 Å². The summed E-state index contributed by atoms with van der Waals surface area (Å²) in [6.07, 6.45) is 18.6. The van der Waals surface area contributed by atoms with E-state index in [1.165, 1.54) is 121 Å². The van der Waals surface area contributed by atoms with E-state index in [4.69, 9.17) is 4.42 Å². The predicted molar refractivity (Wildman–Crippen MR) is 143 cm³/mol. The van der Waals surface area contributed by atoms with Crippen molar-refractivity contribution in [3.05, 3.63) is 47.5 Å². The van der Waals surface area contributed by atoms with Gasteiger partial charge < -0.3 is 4.42 Å². The highest BCUT2D eigenvalue weighted by Gasteiger charge is 2.14. The zero-order valence-electron chi connectivity index (χ0n) is 20.2. The summed E-state index contributed by atoms with van der Waals surface area (Å²) < 4.78 is 9.08. The number of benzene rings is 2. The van der Waals surface area contributed by atoms with E-state index >= 15 is 0 Å². The molecule has 0 fully saturated rings. The number of thiophene rings is 1. The molecule has 0 aliphatic rings. The summed E-state index contributed by atoms with van der Waals surface area (Å²) in [6.45, 7) is 4.56. The van der Waals surface area contributed by atoms with Gasteiger partial charge in [0.2, 0.25) is 0 Å². The molecule has 0 spiro atoms. The molecule has 32 heavy (non-hydrogen) atoms. The van der Waals surface area contributed by atoms with Crippen molar-refractivity contribution in [3.63, 3.8) is 0 Å². The van der Waals surface area contributed by atoms with Gasteiger partial charge in [0.15, 0.2) is 5.58 Å². The molecular weight excluding hydrogens is 408 g/mol. The van der Waals surface area contributed by atoms with Crippen LogP contribution in [0, 0.1) is 0 Å². The minimum Gasteiger partial charge on any atom is -0.454 e. The Hall–Kier alpha value is -1.80. The summed E-state index contributed by atoms with van der Waals surface area (Å²) >= 11 is 1.90. The molecule has 0 radical (unpaired) electrons. The topological polar surface area (TPSA) is 13.1 Å². The van der Waals surface area contributed by atoms with Crippen LogP contribution in [0.4, 0.5) is 0 Å². The summed E-state index contributed by atoms with van der Waals surface area (Å²) in [5.74, 6) is 0. The highest BCUT2D eigenvalue weighted by molar-refractivity contribution is 7.26. The monoisotopic (exact) mass is 448 g/mol. The van der Waals surface area contributed by atoms with Crippen molar-refractivity contribution >= 4 is 42.7 Å². The van der Waals surface area contributed by atoms with E-state index in [-0.39, 0.29) is 0 Å². The Bertz CT molecular complexity index is 1030. The third-order valence-electron chi connectivity index (χ3n) is 6.85. The predicted octanol–water partition coefficient (Wildman–Crippen LogP) is 10.6. The fourth-order valence-corrected chi connectivity index (χ4v) is 6.10. The van der Waals surface area contributed by atoms with Gasteiger partial charge in [0, 0.05) is 15.5 Å². The largest absolute Gasteiger partial charge is 0.454 e. The summed E-state index contributed by atoms with van der Waals surface area (Å²) in [6, 6.07) is 13.9. The molecule has 4 rings (SSSR count). The Morgan fingerprint density at radius 1 is 0.625 bits per heavy atom. The first-order valence-electron chi connectivity index (χ1n) is 13.2. The molecular formula is C30H40OS. The standard InChI is InChI=1S/C30H40OS/c1-3-5-7-9-11-13-15-23-17-19-25-27(21-23)31-29-26-20-18-24(22-28(26)32-30(25)29)16-14-12-10-8-6-4-2/h17-22H,3-16H2,1-2H3. The van der Waals surface area contributed by atoms with Gasteiger partial charge in [-0.3, -0.25) is 0 Å². The van der Waals surface area contributed by atoms with Crippen molar-refractivity contribution in [3.8, 4) is 0 Å². The van der Waals surface area contributed by atoms with Gasteiger partial charge in [-0.1, -0.05) is 90.2 Å². The van der Waals surface area contributed by atoms with E-state index in [1.54, 1.807) is 0 Å². The summed E-state index contributed by atoms with van der Waals surface area (Å²) in [5.41, 5.74) is 5.04. The molecule has 1 nitrogen and oxygen atoms in total. The molecule has 0 saturated heterocycles. The Kier molecular flexibility index (Phi) is 8.68. The average Bonchev–Trinajstić information content (AvgIpc) is 3.33. The summed E-state index contributed by atoms with van der Waals surface area (Å²) in [7, 11) is 0. The normalized spacial score (nSPS) is 11.9. The van der Waals surface area contributed by atoms with E-state index in [2.05, 4.69) is 50.2 Å². The minimum absolute atomic E-state index is 1.06. The molecule has 2 heteroatoms. The third kappa shape index (κ3) is 5.76. The smallest absolute Gasteiger partial charge is 0.154 e. The fourth-order valence-electron chi connectivity index (χ4n) is 4.87. The van der Waals surface area contributed by atoms with Crippen LogP contribution in [0.2, 0.25) is 0 Å². The second kappa shape index (κ2) is 11.9. The van der Waals surface area contributed by atoms with Crippen LogP contribution in [0.25, 0.3) is 31.3 Å². The van der Waals surface area contributed by atoms with Crippen LogP contribution in [-0.2, 0) is 12.8 Å². The lowest BCUT2D eigenvalue weighted by Gasteiger charge is -2.03. The van der Waals surface area contributed by atoms with E-state index in [9.17, 15) is 0 Å². The van der Waals surface area contributed by atoms with Crippen LogP contribution in [0.5, 0.6) is 0 Å². The SMILES string of the molecule is CCCCCCCCc1ccc2c(c1)oc1c3ccc(CCCCCCCC)cc3sc21. The minimum atomic E-state index is 1.06. The maximum absolute atomic E-state index is 6.39. The average molecular weight is 449 g/mol. The van der Waals surface area contributed by atoms with E-state index in [0.29, 0.717) is 0 Å². The van der Waals surface area contributed by atoms with Gasteiger partial charge in [-0.15, -0.1) is 11.3 Å². The molecule has 0 amide bonds. The van der Waals surface area contributed by atoms with Gasteiger partial charge in [-0.25, -0.2) is 0 Å². The molecule has 4 aromatic rings. The van der Waals surface area contributed by atoms with Crippen molar-refractivity contribution in [2.75, 3.05) is 0 Å². The Morgan fingerprint density at radius 3 is 1.84 bits per heavy atom. The number of aryl methyl sites for hydroxylation is 2. The highest BCUT2D eigenvalue weighted by atomic mass is 32.1. The Labute approximate surface area is 198 Å². The first kappa shape index (κ1) is 23.4. The van der Waals surface area contributed by atoms with Crippen LogP contribution in [0.3, 0.4) is 0 Å². The number of rotatable bonds is 14. The molecule has 172 valence electrons. The molecule has 0 saturated carbocycles. The summed E-state index contributed by atoms with van der Waals surface area (Å²) in [5, 5.41) is 2.57. The molecule has 2 aromatic carbocycles. The number of fused-ring (bicyclic) bond motifs is 5. The second-order valence-corrected chi connectivity index (χ2v) is 10.6. The van der Waals surface area contributed by atoms with Crippen LogP contribution in [0.1, 0.15) is 102 Å². The van der Waals surface area contributed by atoms with Gasteiger partial charge in [0.25, 0.3) is 0 Å². The van der Waals surface area contributed by atoms with Crippen LogP contribution in [0.15, 0.2) is 40.8 Å². The number of furan rings is 1. The van der Waals surface area contributed by atoms with Crippen LogP contribution in [-0.4, -0.2) is 0 Å². The van der Waals surface area contributed by atoms with Gasteiger partial charge >= 0.3 is 0 Å². The lowest BCUT2D eigenvalue weighted by atomic mass is 10.0. The molecule has 0 aliphatic heterocycles. The summed E-state index contributed by atoms with van der Waals surface area (Å²) in [4.78, 5) is 0. The van der Waals surface area contributed by atoms with Gasteiger partial charge in [0.1, 0.15) is 5.58 Å². The van der Waals surface area contributed by atoms with Crippen molar-refractivity contribution < 1.29 is 4.42 Å². The molecule has 2 heterocycles. The first-order valence-corrected chi connectivity index (χ1v) is 14.0. The second-order valence-electron chi connectivity index (χ2n) is 9.56. The number of unbranched alkanes of at least 4 members (excludes halogenated alkanes) is 10. The first-order chi connectivity index (χ1) is 15.8. The lowest BCUT2D eigenvalue weighted by molar-refractivity contribution is 0.607. The van der Waals surface area contributed by atoms with Crippen molar-refractivity contribution in [1.29, 1.82) is 0 Å². The Morgan fingerprint density at radius 2 is 1.19 bits per heavy atom. The molecule has 0 aliphatic carbocycles. The molecule has 0 N–H and O–H groups in total. The number of hydrogen-bond acceptors (Lipinski definition) is 2. The Balaban J connectivity index is 1.40. The molecule has 0 unspecified atom stereocenters. The maximum Gasteiger partial charge on any atom is 0.154 e. The van der Waals surface area contributed by atoms with E-state index < -0.39 is 0 Å². The maximum atomic E-state index is 6.39. The zero-order valence-corrected chi connectivity index (χ0v) is 21.0. The third-order valence-corrected chi connectivity index (χ3v) is 8.02. The van der Waals surface area contributed by atoms with Gasteiger partial charge in [-0.05, 0) is 61.1 Å².